The molecule has 2 aliphatic rings. The highest BCUT2D eigenvalue weighted by atomic mass is 35.5. The summed E-state index contributed by atoms with van der Waals surface area (Å²) in [6.07, 6.45) is 6.70. The fourth-order valence-electron chi connectivity index (χ4n) is 3.97. The van der Waals surface area contributed by atoms with Crippen LogP contribution in [0.15, 0.2) is 18.2 Å². The van der Waals surface area contributed by atoms with Crippen LogP contribution in [-0.4, -0.2) is 37.6 Å². The van der Waals surface area contributed by atoms with E-state index in [4.69, 9.17) is 16.3 Å². The first-order valence-electron chi connectivity index (χ1n) is 8.51. The van der Waals surface area contributed by atoms with Crippen LogP contribution in [0.25, 0.3) is 0 Å². The average molecular weight is 337 g/mol. The zero-order valence-electron chi connectivity index (χ0n) is 13.7. The van der Waals surface area contributed by atoms with Gasteiger partial charge in [0.05, 0.1) is 18.7 Å². The number of carbonyl (C=O) groups excluding carboxylic acids is 1. The van der Waals surface area contributed by atoms with Crippen LogP contribution < -0.4 is 10.1 Å². The number of nitrogens with one attached hydrogen (secondary N) is 1. The molecule has 0 spiro atoms. The van der Waals surface area contributed by atoms with Gasteiger partial charge in [-0.1, -0.05) is 30.9 Å². The largest absolute Gasteiger partial charge is 0.495 e. The van der Waals surface area contributed by atoms with E-state index in [1.165, 1.54) is 32.1 Å². The summed E-state index contributed by atoms with van der Waals surface area (Å²) in [6, 6.07) is 5.31. The number of rotatable bonds is 4. The van der Waals surface area contributed by atoms with Crippen LogP contribution in [0.1, 0.15) is 32.1 Å². The molecule has 0 bridgehead atoms. The van der Waals surface area contributed by atoms with Gasteiger partial charge in [-0.15, -0.1) is 0 Å². The minimum Gasteiger partial charge on any atom is -0.495 e. The molecule has 0 radical (unpaired) electrons. The van der Waals surface area contributed by atoms with Gasteiger partial charge in [-0.3, -0.25) is 9.69 Å². The SMILES string of the molecule is COc1ccc(NC(=O)CN2CCC3CCCCC3C2)cc1Cl. The predicted molar refractivity (Wildman–Crippen MR) is 93.1 cm³/mol. The maximum absolute atomic E-state index is 12.3. The summed E-state index contributed by atoms with van der Waals surface area (Å²) in [5.74, 6) is 2.33. The van der Waals surface area contributed by atoms with E-state index in [0.29, 0.717) is 23.0 Å². The molecule has 1 heterocycles. The van der Waals surface area contributed by atoms with Crippen molar-refractivity contribution < 1.29 is 9.53 Å². The van der Waals surface area contributed by atoms with Crippen molar-refractivity contribution in [3.8, 4) is 5.75 Å². The molecule has 1 saturated heterocycles. The third-order valence-electron chi connectivity index (χ3n) is 5.18. The fourth-order valence-corrected chi connectivity index (χ4v) is 4.23. The molecule has 0 aromatic heterocycles. The van der Waals surface area contributed by atoms with E-state index in [9.17, 15) is 4.79 Å². The Morgan fingerprint density at radius 2 is 2.09 bits per heavy atom. The number of likely N-dealkylation sites (tertiary alicyclic amines) is 1. The second kappa shape index (κ2) is 7.54. The van der Waals surface area contributed by atoms with Crippen LogP contribution in [0.4, 0.5) is 5.69 Å². The Kier molecular flexibility index (Phi) is 5.44. The van der Waals surface area contributed by atoms with Crippen molar-refractivity contribution in [2.24, 2.45) is 11.8 Å². The molecule has 2 fully saturated rings. The first-order chi connectivity index (χ1) is 11.2. The molecule has 1 saturated carbocycles. The number of nitrogens with zero attached hydrogens (tertiary/aromatic N) is 1. The normalized spacial score (nSPS) is 24.8. The van der Waals surface area contributed by atoms with E-state index >= 15 is 0 Å². The first kappa shape index (κ1) is 16.6. The Balaban J connectivity index is 1.52. The summed E-state index contributed by atoms with van der Waals surface area (Å²) >= 11 is 6.09. The van der Waals surface area contributed by atoms with Crippen molar-refractivity contribution >= 4 is 23.2 Å². The van der Waals surface area contributed by atoms with Crippen LogP contribution in [0, 0.1) is 11.8 Å². The predicted octanol–water partition coefficient (Wildman–Crippen LogP) is 3.80. The van der Waals surface area contributed by atoms with Gasteiger partial charge in [-0.2, -0.15) is 0 Å². The number of halogens is 1. The number of piperidine rings is 1. The average Bonchev–Trinajstić information content (AvgIpc) is 2.55. The lowest BCUT2D eigenvalue weighted by atomic mass is 9.75. The molecule has 1 aromatic rings. The van der Waals surface area contributed by atoms with Gasteiger partial charge in [-0.25, -0.2) is 0 Å². The Hall–Kier alpha value is -1.26. The summed E-state index contributed by atoms with van der Waals surface area (Å²) in [4.78, 5) is 14.6. The maximum atomic E-state index is 12.3. The molecule has 1 N–H and O–H groups in total. The lowest BCUT2D eigenvalue weighted by Gasteiger charge is -2.41. The molecule has 3 rings (SSSR count). The van der Waals surface area contributed by atoms with Crippen LogP contribution in [0.3, 0.4) is 0 Å². The standard InChI is InChI=1S/C18H25ClN2O2/c1-23-17-7-6-15(10-16(17)19)20-18(22)12-21-9-8-13-4-2-3-5-14(13)11-21/h6-7,10,13-14H,2-5,8-9,11-12H2,1H3,(H,20,22). The minimum absolute atomic E-state index is 0.0282. The summed E-state index contributed by atoms with van der Waals surface area (Å²) in [5, 5.41) is 3.44. The zero-order chi connectivity index (χ0) is 16.2. The minimum atomic E-state index is 0.0282. The molecule has 1 aliphatic carbocycles. The number of methoxy groups -OCH3 is 1. The fraction of sp³-hybridized carbons (Fsp3) is 0.611. The molecule has 23 heavy (non-hydrogen) atoms. The summed E-state index contributed by atoms with van der Waals surface area (Å²) in [7, 11) is 1.58. The Labute approximate surface area is 143 Å². The monoisotopic (exact) mass is 336 g/mol. The summed E-state index contributed by atoms with van der Waals surface area (Å²) in [6.45, 7) is 2.58. The Bertz CT molecular complexity index is 564. The molecule has 1 aromatic carbocycles. The Morgan fingerprint density at radius 1 is 1.30 bits per heavy atom. The highest BCUT2D eigenvalue weighted by Crippen LogP contribution is 2.36. The van der Waals surface area contributed by atoms with Crippen LogP contribution in [-0.2, 0) is 4.79 Å². The lowest BCUT2D eigenvalue weighted by molar-refractivity contribution is -0.118. The van der Waals surface area contributed by atoms with Crippen molar-refractivity contribution in [1.82, 2.24) is 4.90 Å². The van der Waals surface area contributed by atoms with Crippen molar-refractivity contribution in [2.45, 2.75) is 32.1 Å². The number of fused-ring (bicyclic) bond motifs is 1. The summed E-state index contributed by atoms with van der Waals surface area (Å²) < 4.78 is 5.12. The first-order valence-corrected chi connectivity index (χ1v) is 8.89. The number of hydrogen-bond acceptors (Lipinski definition) is 3. The van der Waals surface area contributed by atoms with E-state index < -0.39 is 0 Å². The van der Waals surface area contributed by atoms with Crippen LogP contribution in [0.5, 0.6) is 5.75 Å². The highest BCUT2D eigenvalue weighted by Gasteiger charge is 2.31. The third kappa shape index (κ3) is 4.18. The number of benzene rings is 1. The second-order valence-corrected chi connectivity index (χ2v) is 7.13. The number of amides is 1. The van der Waals surface area contributed by atoms with Gasteiger partial charge in [-0.05, 0) is 49.4 Å². The number of ether oxygens (including phenoxy) is 1. The van der Waals surface area contributed by atoms with Crippen molar-refractivity contribution in [2.75, 3.05) is 32.1 Å². The number of anilines is 1. The summed E-state index contributed by atoms with van der Waals surface area (Å²) in [5.41, 5.74) is 0.716. The van der Waals surface area contributed by atoms with Gasteiger partial charge in [0.1, 0.15) is 5.75 Å². The van der Waals surface area contributed by atoms with Crippen molar-refractivity contribution in [1.29, 1.82) is 0 Å². The number of hydrogen-bond donors (Lipinski definition) is 1. The van der Waals surface area contributed by atoms with Gasteiger partial charge in [0.2, 0.25) is 5.91 Å². The van der Waals surface area contributed by atoms with E-state index in [2.05, 4.69) is 10.2 Å². The quantitative estimate of drug-likeness (QED) is 0.909. The molecule has 1 aliphatic heterocycles. The van der Waals surface area contributed by atoms with E-state index in [1.54, 1.807) is 19.2 Å². The zero-order valence-corrected chi connectivity index (χ0v) is 14.4. The maximum Gasteiger partial charge on any atom is 0.238 e. The van der Waals surface area contributed by atoms with E-state index in [1.807, 2.05) is 6.07 Å². The van der Waals surface area contributed by atoms with Crippen molar-refractivity contribution in [3.05, 3.63) is 23.2 Å². The third-order valence-corrected chi connectivity index (χ3v) is 5.47. The van der Waals surface area contributed by atoms with Gasteiger partial charge < -0.3 is 10.1 Å². The Morgan fingerprint density at radius 3 is 2.83 bits per heavy atom. The van der Waals surface area contributed by atoms with Gasteiger partial charge in [0.25, 0.3) is 0 Å². The topological polar surface area (TPSA) is 41.6 Å². The molecule has 1 amide bonds. The second-order valence-electron chi connectivity index (χ2n) is 6.73. The lowest BCUT2D eigenvalue weighted by Crippen LogP contribution is -2.44. The molecule has 2 unspecified atom stereocenters. The molecular weight excluding hydrogens is 312 g/mol. The molecular formula is C18H25ClN2O2. The molecule has 2 atom stereocenters. The van der Waals surface area contributed by atoms with E-state index in [0.717, 1.165) is 24.9 Å². The van der Waals surface area contributed by atoms with Gasteiger partial charge in [0.15, 0.2) is 0 Å². The van der Waals surface area contributed by atoms with Crippen LogP contribution >= 0.6 is 11.6 Å². The number of carbonyl (C=O) groups is 1. The van der Waals surface area contributed by atoms with E-state index in [-0.39, 0.29) is 5.91 Å². The smallest absolute Gasteiger partial charge is 0.238 e. The van der Waals surface area contributed by atoms with Gasteiger partial charge >= 0.3 is 0 Å². The van der Waals surface area contributed by atoms with Crippen molar-refractivity contribution in [3.63, 3.8) is 0 Å². The van der Waals surface area contributed by atoms with Gasteiger partial charge in [0, 0.05) is 12.2 Å². The molecule has 4 nitrogen and oxygen atoms in total. The highest BCUT2D eigenvalue weighted by molar-refractivity contribution is 6.32. The molecule has 5 heteroatoms. The molecule has 126 valence electrons. The van der Waals surface area contributed by atoms with Crippen LogP contribution in [0.2, 0.25) is 5.02 Å².